The SMILES string of the molecule is COc1cccc2c1CCC(NC1CC1)C2C. The first-order valence-electron chi connectivity index (χ1n) is 6.71. The van der Waals surface area contributed by atoms with Crippen molar-refractivity contribution in [3.63, 3.8) is 0 Å². The Morgan fingerprint density at radius 2 is 2.06 bits per heavy atom. The summed E-state index contributed by atoms with van der Waals surface area (Å²) in [6.07, 6.45) is 5.13. The van der Waals surface area contributed by atoms with E-state index < -0.39 is 0 Å². The number of nitrogens with one attached hydrogen (secondary N) is 1. The summed E-state index contributed by atoms with van der Waals surface area (Å²) >= 11 is 0. The highest BCUT2D eigenvalue weighted by atomic mass is 16.5. The van der Waals surface area contributed by atoms with E-state index in [2.05, 4.69) is 30.4 Å². The fraction of sp³-hybridized carbons (Fsp3) is 0.600. The molecule has 1 fully saturated rings. The van der Waals surface area contributed by atoms with Crippen molar-refractivity contribution in [1.29, 1.82) is 0 Å². The van der Waals surface area contributed by atoms with Crippen molar-refractivity contribution in [1.82, 2.24) is 5.32 Å². The molecule has 1 aromatic carbocycles. The van der Waals surface area contributed by atoms with E-state index in [9.17, 15) is 0 Å². The predicted molar refractivity (Wildman–Crippen MR) is 69.7 cm³/mol. The monoisotopic (exact) mass is 231 g/mol. The summed E-state index contributed by atoms with van der Waals surface area (Å²) in [5.74, 6) is 1.67. The Hall–Kier alpha value is -1.02. The number of ether oxygens (including phenoxy) is 1. The van der Waals surface area contributed by atoms with Crippen molar-refractivity contribution < 1.29 is 4.74 Å². The van der Waals surface area contributed by atoms with Crippen molar-refractivity contribution in [3.8, 4) is 5.75 Å². The molecule has 1 saturated carbocycles. The maximum Gasteiger partial charge on any atom is 0.122 e. The lowest BCUT2D eigenvalue weighted by molar-refractivity contribution is 0.377. The zero-order valence-electron chi connectivity index (χ0n) is 10.7. The van der Waals surface area contributed by atoms with Gasteiger partial charge in [0.2, 0.25) is 0 Å². The number of rotatable bonds is 3. The zero-order valence-corrected chi connectivity index (χ0v) is 10.7. The Morgan fingerprint density at radius 1 is 1.24 bits per heavy atom. The van der Waals surface area contributed by atoms with Gasteiger partial charge in [0.05, 0.1) is 7.11 Å². The molecule has 2 aliphatic carbocycles. The molecule has 0 saturated heterocycles. The maximum atomic E-state index is 5.47. The second-order valence-corrected chi connectivity index (χ2v) is 5.40. The van der Waals surface area contributed by atoms with Gasteiger partial charge in [-0.1, -0.05) is 19.1 Å². The highest BCUT2D eigenvalue weighted by Crippen LogP contribution is 2.37. The minimum atomic E-state index is 0.606. The number of methoxy groups -OCH3 is 1. The lowest BCUT2D eigenvalue weighted by atomic mass is 9.80. The fourth-order valence-electron chi connectivity index (χ4n) is 3.02. The van der Waals surface area contributed by atoms with E-state index in [1.165, 1.54) is 30.4 Å². The van der Waals surface area contributed by atoms with Crippen molar-refractivity contribution in [2.75, 3.05) is 7.11 Å². The van der Waals surface area contributed by atoms with Gasteiger partial charge in [-0.15, -0.1) is 0 Å². The molecule has 0 spiro atoms. The van der Waals surface area contributed by atoms with E-state index in [1.807, 2.05) is 0 Å². The van der Waals surface area contributed by atoms with Crippen molar-refractivity contribution >= 4 is 0 Å². The van der Waals surface area contributed by atoms with Gasteiger partial charge in [0.15, 0.2) is 0 Å². The summed E-state index contributed by atoms with van der Waals surface area (Å²) < 4.78 is 5.47. The van der Waals surface area contributed by atoms with Crippen molar-refractivity contribution in [3.05, 3.63) is 29.3 Å². The highest BCUT2D eigenvalue weighted by molar-refractivity contribution is 5.44. The van der Waals surface area contributed by atoms with Gasteiger partial charge in [-0.25, -0.2) is 0 Å². The first kappa shape index (κ1) is 11.1. The van der Waals surface area contributed by atoms with Gasteiger partial charge in [-0.3, -0.25) is 0 Å². The fourth-order valence-corrected chi connectivity index (χ4v) is 3.02. The van der Waals surface area contributed by atoms with Gasteiger partial charge in [0, 0.05) is 12.1 Å². The summed E-state index contributed by atoms with van der Waals surface area (Å²) in [5, 5.41) is 3.78. The molecule has 0 aromatic heterocycles. The summed E-state index contributed by atoms with van der Waals surface area (Å²) in [6.45, 7) is 2.34. The van der Waals surface area contributed by atoms with Crippen LogP contribution in [0.3, 0.4) is 0 Å². The minimum absolute atomic E-state index is 0.606. The summed E-state index contributed by atoms with van der Waals surface area (Å²) in [5.41, 5.74) is 2.91. The number of hydrogen-bond donors (Lipinski definition) is 1. The van der Waals surface area contributed by atoms with Crippen LogP contribution in [0.15, 0.2) is 18.2 Å². The molecule has 0 amide bonds. The number of fused-ring (bicyclic) bond motifs is 1. The third-order valence-corrected chi connectivity index (χ3v) is 4.22. The van der Waals surface area contributed by atoms with Gasteiger partial charge >= 0.3 is 0 Å². The van der Waals surface area contributed by atoms with Crippen LogP contribution in [0.2, 0.25) is 0 Å². The molecule has 2 unspecified atom stereocenters. The van der Waals surface area contributed by atoms with Gasteiger partial charge in [-0.2, -0.15) is 0 Å². The molecule has 2 nitrogen and oxygen atoms in total. The lowest BCUT2D eigenvalue weighted by Gasteiger charge is -2.33. The Morgan fingerprint density at radius 3 is 2.76 bits per heavy atom. The van der Waals surface area contributed by atoms with E-state index in [0.717, 1.165) is 18.2 Å². The molecule has 2 heteroatoms. The Balaban J connectivity index is 1.86. The summed E-state index contributed by atoms with van der Waals surface area (Å²) in [6, 6.07) is 7.92. The standard InChI is InChI=1S/C15H21NO/c1-10-12-4-3-5-15(17-2)13(12)8-9-14(10)16-11-6-7-11/h3-5,10-11,14,16H,6-9H2,1-2H3. The Labute approximate surface area is 103 Å². The average molecular weight is 231 g/mol. The summed E-state index contributed by atoms with van der Waals surface area (Å²) in [7, 11) is 1.77. The quantitative estimate of drug-likeness (QED) is 0.863. The van der Waals surface area contributed by atoms with Crippen LogP contribution in [0.1, 0.15) is 43.2 Å². The van der Waals surface area contributed by atoms with Crippen LogP contribution in [0.4, 0.5) is 0 Å². The minimum Gasteiger partial charge on any atom is -0.496 e. The maximum absolute atomic E-state index is 5.47. The van der Waals surface area contributed by atoms with E-state index in [1.54, 1.807) is 7.11 Å². The molecule has 2 aliphatic rings. The van der Waals surface area contributed by atoms with Crippen LogP contribution in [0, 0.1) is 0 Å². The summed E-state index contributed by atoms with van der Waals surface area (Å²) in [4.78, 5) is 0. The average Bonchev–Trinajstić information content (AvgIpc) is 3.16. The predicted octanol–water partition coefficient (Wildman–Crippen LogP) is 2.87. The second kappa shape index (κ2) is 4.34. The molecule has 0 aliphatic heterocycles. The zero-order chi connectivity index (χ0) is 11.8. The van der Waals surface area contributed by atoms with Gasteiger partial charge in [0.25, 0.3) is 0 Å². The molecular formula is C15H21NO. The molecule has 92 valence electrons. The third-order valence-electron chi connectivity index (χ3n) is 4.22. The third kappa shape index (κ3) is 2.06. The Kier molecular flexibility index (Phi) is 2.83. The largest absolute Gasteiger partial charge is 0.496 e. The highest BCUT2D eigenvalue weighted by Gasteiger charge is 2.32. The van der Waals surface area contributed by atoms with Crippen LogP contribution >= 0.6 is 0 Å². The van der Waals surface area contributed by atoms with Gasteiger partial charge in [0.1, 0.15) is 5.75 Å². The van der Waals surface area contributed by atoms with Crippen LogP contribution < -0.4 is 10.1 Å². The van der Waals surface area contributed by atoms with E-state index in [4.69, 9.17) is 4.74 Å². The molecule has 0 bridgehead atoms. The number of hydrogen-bond acceptors (Lipinski definition) is 2. The van der Waals surface area contributed by atoms with Crippen LogP contribution in [-0.2, 0) is 6.42 Å². The van der Waals surface area contributed by atoms with Crippen molar-refractivity contribution in [2.45, 2.75) is 50.6 Å². The molecule has 0 radical (unpaired) electrons. The topological polar surface area (TPSA) is 21.3 Å². The molecular weight excluding hydrogens is 210 g/mol. The lowest BCUT2D eigenvalue weighted by Crippen LogP contribution is -2.38. The second-order valence-electron chi connectivity index (χ2n) is 5.40. The number of benzene rings is 1. The molecule has 17 heavy (non-hydrogen) atoms. The first-order valence-corrected chi connectivity index (χ1v) is 6.71. The van der Waals surface area contributed by atoms with Gasteiger partial charge < -0.3 is 10.1 Å². The van der Waals surface area contributed by atoms with Crippen LogP contribution in [0.5, 0.6) is 5.75 Å². The van der Waals surface area contributed by atoms with Crippen LogP contribution in [-0.4, -0.2) is 19.2 Å². The van der Waals surface area contributed by atoms with E-state index in [0.29, 0.717) is 12.0 Å². The molecule has 1 N–H and O–H groups in total. The molecule has 0 heterocycles. The molecule has 3 rings (SSSR count). The molecule has 1 aromatic rings. The van der Waals surface area contributed by atoms with Gasteiger partial charge in [-0.05, 0) is 48.8 Å². The Bertz CT molecular complexity index is 411. The van der Waals surface area contributed by atoms with Crippen molar-refractivity contribution in [2.24, 2.45) is 0 Å². The normalized spacial score (nSPS) is 27.6. The van der Waals surface area contributed by atoms with E-state index in [-0.39, 0.29) is 0 Å². The smallest absolute Gasteiger partial charge is 0.122 e. The van der Waals surface area contributed by atoms with E-state index >= 15 is 0 Å². The van der Waals surface area contributed by atoms with Crippen LogP contribution in [0.25, 0.3) is 0 Å². The first-order chi connectivity index (χ1) is 8.29. The molecule has 2 atom stereocenters.